The molecule has 1 N–H and O–H groups in total. The minimum atomic E-state index is -0.514. The number of aromatic nitrogens is 1. The highest BCUT2D eigenvalue weighted by atomic mass is 32.1. The highest BCUT2D eigenvalue weighted by Gasteiger charge is 2.17. The van der Waals surface area contributed by atoms with Crippen molar-refractivity contribution in [2.24, 2.45) is 0 Å². The molecule has 0 saturated carbocycles. The molecule has 6 nitrogen and oxygen atoms in total. The molecular formula is C13H23N3O3S. The van der Waals surface area contributed by atoms with Gasteiger partial charge in [0.05, 0.1) is 18.9 Å². The first-order valence-corrected chi connectivity index (χ1v) is 7.31. The number of nitrogens with zero attached hydrogens (tertiary/aromatic N) is 2. The van der Waals surface area contributed by atoms with Crippen LogP contribution in [-0.2, 0) is 16.1 Å². The lowest BCUT2D eigenvalue weighted by Crippen LogP contribution is -2.27. The fourth-order valence-electron chi connectivity index (χ4n) is 1.25. The molecule has 0 aliphatic carbocycles. The van der Waals surface area contributed by atoms with Crippen LogP contribution in [0.25, 0.3) is 0 Å². The van der Waals surface area contributed by atoms with Crippen LogP contribution in [0.5, 0.6) is 0 Å². The molecule has 0 aliphatic heterocycles. The molecule has 0 aromatic carbocycles. The quantitative estimate of drug-likeness (QED) is 0.818. The van der Waals surface area contributed by atoms with Gasteiger partial charge >= 0.3 is 6.09 Å². The maximum atomic E-state index is 11.6. The van der Waals surface area contributed by atoms with Gasteiger partial charge < -0.3 is 14.4 Å². The Bertz CT molecular complexity index is 427. The summed E-state index contributed by atoms with van der Waals surface area (Å²) in [5.74, 6) is 0. The van der Waals surface area contributed by atoms with Gasteiger partial charge in [-0.05, 0) is 34.9 Å². The van der Waals surface area contributed by atoms with Crippen molar-refractivity contribution in [2.45, 2.75) is 33.0 Å². The standard InChI is InChI=1S/C13H23N3O3S/c1-13(2,3)19-12(17)15-11-14-10(9-20-11)8-18-7-6-16(4)5/h9H,6-8H2,1-5H3,(H,14,15,17). The van der Waals surface area contributed by atoms with Gasteiger partial charge in [0.1, 0.15) is 5.60 Å². The summed E-state index contributed by atoms with van der Waals surface area (Å²) in [7, 11) is 3.99. The Morgan fingerprint density at radius 3 is 2.75 bits per heavy atom. The van der Waals surface area contributed by atoms with E-state index in [9.17, 15) is 4.79 Å². The van der Waals surface area contributed by atoms with E-state index in [2.05, 4.69) is 15.2 Å². The molecule has 0 saturated heterocycles. The molecule has 0 radical (unpaired) electrons. The van der Waals surface area contributed by atoms with Crippen LogP contribution < -0.4 is 5.32 Å². The topological polar surface area (TPSA) is 63.7 Å². The number of hydrogen-bond donors (Lipinski definition) is 1. The van der Waals surface area contributed by atoms with Crippen LogP contribution in [0.4, 0.5) is 9.93 Å². The molecule has 1 aromatic heterocycles. The highest BCUT2D eigenvalue weighted by molar-refractivity contribution is 7.13. The average Bonchev–Trinajstić information content (AvgIpc) is 2.69. The summed E-state index contributed by atoms with van der Waals surface area (Å²) in [6, 6.07) is 0. The molecule has 114 valence electrons. The molecule has 20 heavy (non-hydrogen) atoms. The highest BCUT2D eigenvalue weighted by Crippen LogP contribution is 2.17. The van der Waals surface area contributed by atoms with Gasteiger partial charge in [-0.15, -0.1) is 11.3 Å². The minimum absolute atomic E-state index is 0.445. The number of nitrogens with one attached hydrogen (secondary N) is 1. The smallest absolute Gasteiger partial charge is 0.413 e. The number of ether oxygens (including phenoxy) is 2. The van der Waals surface area contributed by atoms with Crippen LogP contribution in [0.2, 0.25) is 0 Å². The summed E-state index contributed by atoms with van der Waals surface area (Å²) >= 11 is 1.35. The number of amides is 1. The largest absolute Gasteiger partial charge is 0.444 e. The zero-order chi connectivity index (χ0) is 15.2. The molecule has 1 rings (SSSR count). The van der Waals surface area contributed by atoms with Gasteiger partial charge in [-0.2, -0.15) is 0 Å². The minimum Gasteiger partial charge on any atom is -0.444 e. The number of thiazole rings is 1. The summed E-state index contributed by atoms with van der Waals surface area (Å²) in [6.07, 6.45) is -0.494. The molecule has 1 amide bonds. The van der Waals surface area contributed by atoms with Crippen molar-refractivity contribution < 1.29 is 14.3 Å². The average molecular weight is 301 g/mol. The Morgan fingerprint density at radius 1 is 1.45 bits per heavy atom. The van der Waals surface area contributed by atoms with Gasteiger partial charge in [0.25, 0.3) is 0 Å². The molecule has 0 bridgehead atoms. The van der Waals surface area contributed by atoms with Gasteiger partial charge in [0.15, 0.2) is 5.13 Å². The summed E-state index contributed by atoms with van der Waals surface area (Å²) in [6.45, 7) is 7.42. The predicted molar refractivity (Wildman–Crippen MR) is 80.2 cm³/mol. The molecule has 0 fully saturated rings. The van der Waals surface area contributed by atoms with Crippen molar-refractivity contribution in [3.63, 3.8) is 0 Å². The second kappa shape index (κ2) is 7.56. The van der Waals surface area contributed by atoms with Crippen LogP contribution in [-0.4, -0.2) is 48.8 Å². The van der Waals surface area contributed by atoms with E-state index in [1.165, 1.54) is 11.3 Å². The number of carbonyl (C=O) groups is 1. The SMILES string of the molecule is CN(C)CCOCc1csc(NC(=O)OC(C)(C)C)n1. The van der Waals surface area contributed by atoms with Crippen molar-refractivity contribution in [2.75, 3.05) is 32.6 Å². The molecule has 0 atom stereocenters. The van der Waals surface area contributed by atoms with Crippen molar-refractivity contribution in [3.8, 4) is 0 Å². The fraction of sp³-hybridized carbons (Fsp3) is 0.692. The summed E-state index contributed by atoms with van der Waals surface area (Å²) in [5, 5.41) is 4.99. The van der Waals surface area contributed by atoms with E-state index in [-0.39, 0.29) is 0 Å². The van der Waals surface area contributed by atoms with E-state index < -0.39 is 11.7 Å². The van der Waals surface area contributed by atoms with Crippen molar-refractivity contribution in [3.05, 3.63) is 11.1 Å². The van der Waals surface area contributed by atoms with Gasteiger partial charge in [-0.3, -0.25) is 5.32 Å². The van der Waals surface area contributed by atoms with Crippen molar-refractivity contribution >= 4 is 22.6 Å². The van der Waals surface area contributed by atoms with Gasteiger partial charge in [-0.25, -0.2) is 9.78 Å². The zero-order valence-corrected chi connectivity index (χ0v) is 13.5. The first-order chi connectivity index (χ1) is 9.26. The zero-order valence-electron chi connectivity index (χ0n) is 12.7. The normalized spacial score (nSPS) is 11.7. The van der Waals surface area contributed by atoms with Crippen molar-refractivity contribution in [1.82, 2.24) is 9.88 Å². The number of rotatable bonds is 6. The number of carbonyl (C=O) groups excluding carboxylic acids is 1. The van der Waals surface area contributed by atoms with E-state index in [0.717, 1.165) is 12.2 Å². The third kappa shape index (κ3) is 7.42. The molecular weight excluding hydrogens is 278 g/mol. The second-order valence-electron chi connectivity index (χ2n) is 5.63. The summed E-state index contributed by atoms with van der Waals surface area (Å²) < 4.78 is 10.6. The van der Waals surface area contributed by atoms with E-state index in [1.807, 2.05) is 40.2 Å². The number of hydrogen-bond acceptors (Lipinski definition) is 6. The maximum absolute atomic E-state index is 11.6. The lowest BCUT2D eigenvalue weighted by molar-refractivity contribution is 0.0635. The maximum Gasteiger partial charge on any atom is 0.413 e. The number of likely N-dealkylation sites (N-methyl/N-ethyl adjacent to an activating group) is 1. The molecule has 0 spiro atoms. The Balaban J connectivity index is 2.34. The Kier molecular flexibility index (Phi) is 6.38. The summed E-state index contributed by atoms with van der Waals surface area (Å²) in [5.41, 5.74) is 0.291. The second-order valence-corrected chi connectivity index (χ2v) is 6.48. The van der Waals surface area contributed by atoms with Crippen LogP contribution in [0.15, 0.2) is 5.38 Å². The molecule has 7 heteroatoms. The Labute approximate surface area is 124 Å². The Hall–Kier alpha value is -1.18. The van der Waals surface area contributed by atoms with Crippen LogP contribution >= 0.6 is 11.3 Å². The van der Waals surface area contributed by atoms with Gasteiger partial charge in [-0.1, -0.05) is 0 Å². The molecule has 0 unspecified atom stereocenters. The monoisotopic (exact) mass is 301 g/mol. The fourth-order valence-corrected chi connectivity index (χ4v) is 1.93. The van der Waals surface area contributed by atoms with E-state index in [0.29, 0.717) is 18.3 Å². The van der Waals surface area contributed by atoms with Gasteiger partial charge in [0.2, 0.25) is 0 Å². The molecule has 0 aliphatic rings. The van der Waals surface area contributed by atoms with Crippen LogP contribution in [0, 0.1) is 0 Å². The summed E-state index contributed by atoms with van der Waals surface area (Å²) in [4.78, 5) is 17.9. The predicted octanol–water partition coefficient (Wildman–Crippen LogP) is 2.57. The first kappa shape index (κ1) is 16.9. The van der Waals surface area contributed by atoms with Crippen molar-refractivity contribution in [1.29, 1.82) is 0 Å². The lowest BCUT2D eigenvalue weighted by atomic mass is 10.2. The number of anilines is 1. The third-order valence-corrected chi connectivity index (χ3v) is 2.90. The molecule has 1 aromatic rings. The Morgan fingerprint density at radius 2 is 2.15 bits per heavy atom. The lowest BCUT2D eigenvalue weighted by Gasteiger charge is -2.18. The first-order valence-electron chi connectivity index (χ1n) is 6.43. The van der Waals surface area contributed by atoms with Gasteiger partial charge in [0, 0.05) is 11.9 Å². The van der Waals surface area contributed by atoms with E-state index in [4.69, 9.17) is 9.47 Å². The van der Waals surface area contributed by atoms with Crippen LogP contribution in [0.3, 0.4) is 0 Å². The van der Waals surface area contributed by atoms with E-state index >= 15 is 0 Å². The third-order valence-electron chi connectivity index (χ3n) is 2.09. The van der Waals surface area contributed by atoms with E-state index in [1.54, 1.807) is 0 Å². The molecule has 1 heterocycles. The van der Waals surface area contributed by atoms with Crippen LogP contribution in [0.1, 0.15) is 26.5 Å².